The molecule has 3 N–H and O–H groups in total. The third-order valence-electron chi connectivity index (χ3n) is 7.54. The van der Waals surface area contributed by atoms with Crippen molar-refractivity contribution in [3.63, 3.8) is 0 Å². The van der Waals surface area contributed by atoms with Gasteiger partial charge < -0.3 is 20.6 Å². The zero-order valence-corrected chi connectivity index (χ0v) is 18.7. The summed E-state index contributed by atoms with van der Waals surface area (Å²) < 4.78 is 0. The summed E-state index contributed by atoms with van der Waals surface area (Å²) in [6, 6.07) is 9.00. The van der Waals surface area contributed by atoms with Crippen LogP contribution < -0.4 is 10.6 Å². The highest BCUT2D eigenvalue weighted by Gasteiger charge is 2.48. The first-order chi connectivity index (χ1) is 15.0. The number of nitrogens with one attached hydrogen (secondary N) is 2. The van der Waals surface area contributed by atoms with Gasteiger partial charge in [-0.15, -0.1) is 0 Å². The SMILES string of the molecule is C[C@@]1(O)CCN(C(=O)NC2CCCCC2)[C@@H](c2ccccc2)[C@@H]1NC(=O)C1CCCC1. The molecule has 1 aromatic carbocycles. The number of hydrogen-bond donors (Lipinski definition) is 3. The molecular formula is C25H37N3O3. The number of rotatable bonds is 4. The summed E-state index contributed by atoms with van der Waals surface area (Å²) in [6.45, 7) is 2.25. The fourth-order valence-electron chi connectivity index (χ4n) is 5.61. The number of carbonyl (C=O) groups excluding carboxylic acids is 2. The molecule has 3 aliphatic rings. The summed E-state index contributed by atoms with van der Waals surface area (Å²) in [5, 5.41) is 17.7. The Morgan fingerprint density at radius 2 is 1.61 bits per heavy atom. The monoisotopic (exact) mass is 427 g/mol. The minimum Gasteiger partial charge on any atom is -0.388 e. The van der Waals surface area contributed by atoms with Gasteiger partial charge in [-0.2, -0.15) is 0 Å². The Labute approximate surface area is 185 Å². The van der Waals surface area contributed by atoms with Crippen molar-refractivity contribution in [1.82, 2.24) is 15.5 Å². The van der Waals surface area contributed by atoms with Crippen LogP contribution in [0.2, 0.25) is 0 Å². The van der Waals surface area contributed by atoms with Crippen LogP contribution in [0.5, 0.6) is 0 Å². The number of nitrogens with zero attached hydrogens (tertiary/aromatic N) is 1. The van der Waals surface area contributed by atoms with Crippen molar-refractivity contribution in [2.24, 2.45) is 5.92 Å². The van der Waals surface area contributed by atoms with Gasteiger partial charge in [-0.05, 0) is 44.6 Å². The molecule has 3 fully saturated rings. The third kappa shape index (κ3) is 5.05. The van der Waals surface area contributed by atoms with E-state index in [1.807, 2.05) is 35.2 Å². The van der Waals surface area contributed by atoms with Crippen LogP contribution in [0.4, 0.5) is 4.79 Å². The number of benzene rings is 1. The lowest BCUT2D eigenvalue weighted by molar-refractivity contribution is -0.131. The van der Waals surface area contributed by atoms with E-state index in [4.69, 9.17) is 0 Å². The van der Waals surface area contributed by atoms with E-state index in [-0.39, 0.29) is 23.9 Å². The molecule has 6 nitrogen and oxygen atoms in total. The van der Waals surface area contributed by atoms with Crippen molar-refractivity contribution in [3.8, 4) is 0 Å². The number of amides is 3. The van der Waals surface area contributed by atoms with E-state index in [2.05, 4.69) is 10.6 Å². The summed E-state index contributed by atoms with van der Waals surface area (Å²) in [6.07, 6.45) is 10.00. The molecule has 31 heavy (non-hydrogen) atoms. The van der Waals surface area contributed by atoms with Crippen molar-refractivity contribution in [1.29, 1.82) is 0 Å². The van der Waals surface area contributed by atoms with Crippen molar-refractivity contribution in [2.75, 3.05) is 6.54 Å². The van der Waals surface area contributed by atoms with E-state index in [0.717, 1.165) is 56.9 Å². The van der Waals surface area contributed by atoms with Gasteiger partial charge in [0.05, 0.1) is 17.7 Å². The molecule has 2 saturated carbocycles. The number of piperidine rings is 1. The molecule has 6 heteroatoms. The molecule has 2 aliphatic carbocycles. The highest BCUT2D eigenvalue weighted by atomic mass is 16.3. The van der Waals surface area contributed by atoms with Gasteiger partial charge in [-0.1, -0.05) is 62.4 Å². The average Bonchev–Trinajstić information content (AvgIpc) is 3.31. The second-order valence-electron chi connectivity index (χ2n) is 9.91. The number of hydrogen-bond acceptors (Lipinski definition) is 3. The maximum Gasteiger partial charge on any atom is 0.318 e. The Balaban J connectivity index is 1.59. The molecule has 1 aliphatic heterocycles. The highest BCUT2D eigenvalue weighted by molar-refractivity contribution is 5.80. The van der Waals surface area contributed by atoms with Crippen molar-refractivity contribution in [2.45, 2.75) is 94.9 Å². The quantitative estimate of drug-likeness (QED) is 0.682. The molecule has 4 rings (SSSR count). The van der Waals surface area contributed by atoms with E-state index >= 15 is 0 Å². The van der Waals surface area contributed by atoms with Gasteiger partial charge in [-0.25, -0.2) is 4.79 Å². The van der Waals surface area contributed by atoms with Gasteiger partial charge in [0.25, 0.3) is 0 Å². The predicted molar refractivity (Wildman–Crippen MR) is 120 cm³/mol. The molecule has 1 heterocycles. The molecule has 1 aromatic rings. The molecule has 0 radical (unpaired) electrons. The topological polar surface area (TPSA) is 81.7 Å². The standard InChI is InChI=1S/C25H37N3O3/c1-25(31)16-17-28(24(30)26-20-14-6-3-7-15-20)21(18-10-4-2-5-11-18)22(25)27-23(29)19-12-8-9-13-19/h2,4-5,10-11,19-22,31H,3,6-9,12-17H2,1H3,(H,26,30)(H,27,29)/t21-,22-,25+/m0/s1. The van der Waals surface area contributed by atoms with Crippen molar-refractivity contribution >= 4 is 11.9 Å². The lowest BCUT2D eigenvalue weighted by atomic mass is 9.79. The van der Waals surface area contributed by atoms with Gasteiger partial charge in [0.15, 0.2) is 0 Å². The Morgan fingerprint density at radius 1 is 0.968 bits per heavy atom. The van der Waals surface area contributed by atoms with Crippen LogP contribution in [-0.4, -0.2) is 46.2 Å². The van der Waals surface area contributed by atoms with Crippen LogP contribution in [-0.2, 0) is 4.79 Å². The molecule has 0 spiro atoms. The summed E-state index contributed by atoms with van der Waals surface area (Å²) in [5.74, 6) is 0.0249. The average molecular weight is 428 g/mol. The van der Waals surface area contributed by atoms with E-state index in [1.165, 1.54) is 6.42 Å². The van der Waals surface area contributed by atoms with Crippen LogP contribution in [0.3, 0.4) is 0 Å². The Kier molecular flexibility index (Phi) is 6.85. The molecule has 3 atom stereocenters. The van der Waals surface area contributed by atoms with Crippen LogP contribution in [0.15, 0.2) is 30.3 Å². The van der Waals surface area contributed by atoms with Crippen LogP contribution >= 0.6 is 0 Å². The Bertz CT molecular complexity index is 755. The van der Waals surface area contributed by atoms with Crippen molar-refractivity contribution in [3.05, 3.63) is 35.9 Å². The summed E-state index contributed by atoms with van der Waals surface area (Å²) in [4.78, 5) is 28.2. The van der Waals surface area contributed by atoms with E-state index in [0.29, 0.717) is 13.0 Å². The smallest absolute Gasteiger partial charge is 0.318 e. The van der Waals surface area contributed by atoms with Crippen LogP contribution in [0, 0.1) is 5.92 Å². The summed E-state index contributed by atoms with van der Waals surface area (Å²) in [7, 11) is 0. The first-order valence-corrected chi connectivity index (χ1v) is 12.1. The van der Waals surface area contributed by atoms with Crippen LogP contribution in [0.1, 0.15) is 82.7 Å². The Morgan fingerprint density at radius 3 is 2.29 bits per heavy atom. The highest BCUT2D eigenvalue weighted by Crippen LogP contribution is 2.38. The maximum absolute atomic E-state index is 13.4. The first kappa shape index (κ1) is 22.1. The number of likely N-dealkylation sites (tertiary alicyclic amines) is 1. The normalized spacial score (nSPS) is 30.2. The van der Waals surface area contributed by atoms with Crippen molar-refractivity contribution < 1.29 is 14.7 Å². The second kappa shape index (κ2) is 9.60. The van der Waals surface area contributed by atoms with Crippen LogP contribution in [0.25, 0.3) is 0 Å². The molecule has 170 valence electrons. The second-order valence-corrected chi connectivity index (χ2v) is 9.91. The van der Waals surface area contributed by atoms with Gasteiger partial charge in [0.1, 0.15) is 0 Å². The largest absolute Gasteiger partial charge is 0.388 e. The molecule has 0 aromatic heterocycles. The fourth-order valence-corrected chi connectivity index (χ4v) is 5.61. The zero-order valence-electron chi connectivity index (χ0n) is 18.7. The third-order valence-corrected chi connectivity index (χ3v) is 7.54. The summed E-state index contributed by atoms with van der Waals surface area (Å²) in [5.41, 5.74) is -0.144. The van der Waals surface area contributed by atoms with Gasteiger partial charge in [0.2, 0.25) is 5.91 Å². The molecule has 0 unspecified atom stereocenters. The lowest BCUT2D eigenvalue weighted by Gasteiger charge is -2.49. The van der Waals surface area contributed by atoms with E-state index < -0.39 is 17.7 Å². The first-order valence-electron chi connectivity index (χ1n) is 12.1. The van der Waals surface area contributed by atoms with Gasteiger partial charge in [-0.3, -0.25) is 4.79 Å². The molecule has 1 saturated heterocycles. The molecule has 0 bridgehead atoms. The molecule has 3 amide bonds. The summed E-state index contributed by atoms with van der Waals surface area (Å²) >= 11 is 0. The molecular weight excluding hydrogens is 390 g/mol. The minimum absolute atomic E-state index is 0.0123. The number of carbonyl (C=O) groups is 2. The lowest BCUT2D eigenvalue weighted by Crippen LogP contribution is -2.65. The fraction of sp³-hybridized carbons (Fsp3) is 0.680. The van der Waals surface area contributed by atoms with E-state index in [9.17, 15) is 14.7 Å². The van der Waals surface area contributed by atoms with Gasteiger partial charge in [0, 0.05) is 18.5 Å². The Hall–Kier alpha value is -2.08. The van der Waals surface area contributed by atoms with Gasteiger partial charge >= 0.3 is 6.03 Å². The minimum atomic E-state index is -1.09. The van der Waals surface area contributed by atoms with E-state index in [1.54, 1.807) is 6.92 Å². The maximum atomic E-state index is 13.4. The predicted octanol–water partition coefficient (Wildman–Crippen LogP) is 3.90. The zero-order chi connectivity index (χ0) is 21.8. The number of aliphatic hydroxyl groups is 1. The number of urea groups is 1.